The number of nitrogens with zero attached hydrogens (tertiary/aromatic N) is 1. The van der Waals surface area contributed by atoms with Gasteiger partial charge >= 0.3 is 0 Å². The summed E-state index contributed by atoms with van der Waals surface area (Å²) in [4.78, 5) is 0. The van der Waals surface area contributed by atoms with Gasteiger partial charge in [-0.25, -0.2) is 8.42 Å². The number of hydrogen-bond acceptors (Lipinski definition) is 2. The highest BCUT2D eigenvalue weighted by Gasteiger charge is 2.28. The van der Waals surface area contributed by atoms with Crippen molar-refractivity contribution in [1.82, 2.24) is 4.31 Å². The number of unbranched alkanes of at least 4 members (excludes halogenated alkanes) is 1. The molecule has 1 aliphatic rings. The molecule has 0 spiro atoms. The third-order valence-electron chi connectivity index (χ3n) is 4.16. The topological polar surface area (TPSA) is 37.4 Å². The van der Waals surface area contributed by atoms with Crippen molar-refractivity contribution in [1.29, 1.82) is 0 Å². The quantitative estimate of drug-likeness (QED) is 0.794. The molecule has 1 heterocycles. The molecule has 2 aromatic rings. The van der Waals surface area contributed by atoms with Crippen LogP contribution in [0.1, 0.15) is 29.5 Å². The first-order chi connectivity index (χ1) is 10.6. The van der Waals surface area contributed by atoms with E-state index in [-0.39, 0.29) is 5.75 Å². The van der Waals surface area contributed by atoms with Crippen LogP contribution >= 0.6 is 0 Å². The van der Waals surface area contributed by atoms with Crippen molar-refractivity contribution >= 4 is 10.0 Å². The Kier molecular flexibility index (Phi) is 4.60. The maximum absolute atomic E-state index is 12.3. The summed E-state index contributed by atoms with van der Waals surface area (Å²) in [5, 5.41) is 0. The van der Waals surface area contributed by atoms with Crippen molar-refractivity contribution in [2.24, 2.45) is 0 Å². The summed E-state index contributed by atoms with van der Waals surface area (Å²) in [5.41, 5.74) is 3.40. The molecule has 0 fully saturated rings. The van der Waals surface area contributed by atoms with Crippen LogP contribution in [0.15, 0.2) is 54.6 Å². The molecule has 0 unspecified atom stereocenters. The molecule has 4 heteroatoms. The van der Waals surface area contributed by atoms with Crippen LogP contribution in [0.2, 0.25) is 0 Å². The van der Waals surface area contributed by atoms with Crippen LogP contribution in [-0.2, 0) is 28.7 Å². The summed E-state index contributed by atoms with van der Waals surface area (Å²) in [5.74, 6) is 0.141. The van der Waals surface area contributed by atoms with Gasteiger partial charge in [0.15, 0.2) is 0 Å². The molecule has 0 aromatic heterocycles. The van der Waals surface area contributed by atoms with Crippen LogP contribution in [0, 0.1) is 0 Å². The fourth-order valence-corrected chi connectivity index (χ4v) is 4.51. The van der Waals surface area contributed by atoms with Gasteiger partial charge in [-0.1, -0.05) is 54.6 Å². The second-order valence-corrected chi connectivity index (χ2v) is 7.77. The van der Waals surface area contributed by atoms with Crippen molar-refractivity contribution in [3.8, 4) is 0 Å². The number of aryl methyl sites for hydroxylation is 1. The van der Waals surface area contributed by atoms with Gasteiger partial charge in [-0.2, -0.15) is 4.31 Å². The molecule has 0 aliphatic carbocycles. The molecule has 0 radical (unpaired) electrons. The zero-order valence-electron chi connectivity index (χ0n) is 12.6. The van der Waals surface area contributed by atoms with E-state index in [1.54, 1.807) is 4.31 Å². The molecule has 22 heavy (non-hydrogen) atoms. The third kappa shape index (κ3) is 3.57. The Bertz CT molecular complexity index is 726. The minimum Gasteiger partial charge on any atom is -0.212 e. The van der Waals surface area contributed by atoms with Gasteiger partial charge in [0, 0.05) is 13.1 Å². The Hall–Kier alpha value is -1.65. The van der Waals surface area contributed by atoms with Crippen molar-refractivity contribution < 1.29 is 8.42 Å². The maximum atomic E-state index is 12.3. The predicted octanol–water partition coefficient (Wildman–Crippen LogP) is 3.35. The summed E-state index contributed by atoms with van der Waals surface area (Å²) in [6.45, 7) is 1.13. The lowest BCUT2D eigenvalue weighted by Gasteiger charge is -2.28. The van der Waals surface area contributed by atoms with E-state index in [1.165, 1.54) is 5.56 Å². The molecule has 0 saturated heterocycles. The molecule has 116 valence electrons. The molecule has 1 aliphatic heterocycles. The first-order valence-corrected chi connectivity index (χ1v) is 9.34. The van der Waals surface area contributed by atoms with Crippen LogP contribution in [0.5, 0.6) is 0 Å². The smallest absolute Gasteiger partial charge is 0.212 e. The van der Waals surface area contributed by atoms with Gasteiger partial charge in [0.2, 0.25) is 10.0 Å². The SMILES string of the molecule is O=S1(=O)Cc2ccccc2CN1CCCCc1ccccc1. The van der Waals surface area contributed by atoms with Crippen molar-refractivity contribution in [2.75, 3.05) is 6.54 Å². The zero-order valence-corrected chi connectivity index (χ0v) is 13.4. The predicted molar refractivity (Wildman–Crippen MR) is 88.9 cm³/mol. The van der Waals surface area contributed by atoms with Gasteiger partial charge in [-0.05, 0) is 36.0 Å². The summed E-state index contributed by atoms with van der Waals surface area (Å²) < 4.78 is 26.3. The Balaban J connectivity index is 1.56. The second kappa shape index (κ2) is 6.63. The third-order valence-corrected chi connectivity index (χ3v) is 5.94. The van der Waals surface area contributed by atoms with E-state index in [1.807, 2.05) is 42.5 Å². The standard InChI is InChI=1S/C18H21NO2S/c20-22(21)15-18-12-5-4-11-17(18)14-19(22)13-7-6-10-16-8-2-1-3-9-16/h1-5,8-9,11-12H,6-7,10,13-15H2. The molecule has 0 bridgehead atoms. The monoisotopic (exact) mass is 315 g/mol. The minimum absolute atomic E-state index is 0.141. The number of rotatable bonds is 5. The van der Waals surface area contributed by atoms with Gasteiger partial charge in [0.25, 0.3) is 0 Å². The maximum Gasteiger partial charge on any atom is 0.218 e. The van der Waals surface area contributed by atoms with Crippen molar-refractivity contribution in [3.63, 3.8) is 0 Å². The van der Waals surface area contributed by atoms with Gasteiger partial charge in [-0.15, -0.1) is 0 Å². The summed E-state index contributed by atoms with van der Waals surface area (Å²) in [6, 6.07) is 18.2. The van der Waals surface area contributed by atoms with Crippen LogP contribution in [0.3, 0.4) is 0 Å². The van der Waals surface area contributed by atoms with Crippen LogP contribution in [0.4, 0.5) is 0 Å². The highest BCUT2D eigenvalue weighted by molar-refractivity contribution is 7.88. The molecule has 2 aromatic carbocycles. The second-order valence-electron chi connectivity index (χ2n) is 5.80. The Labute approximate surface area is 132 Å². The summed E-state index contributed by atoms with van der Waals surface area (Å²) in [7, 11) is -3.15. The molecule has 3 nitrogen and oxygen atoms in total. The molecule has 0 N–H and O–H groups in total. The average Bonchev–Trinajstić information content (AvgIpc) is 2.52. The Morgan fingerprint density at radius 2 is 1.55 bits per heavy atom. The number of hydrogen-bond donors (Lipinski definition) is 0. The van der Waals surface area contributed by atoms with Crippen LogP contribution < -0.4 is 0 Å². The lowest BCUT2D eigenvalue weighted by Crippen LogP contribution is -2.36. The van der Waals surface area contributed by atoms with Gasteiger partial charge < -0.3 is 0 Å². The lowest BCUT2D eigenvalue weighted by molar-refractivity contribution is 0.386. The van der Waals surface area contributed by atoms with Crippen molar-refractivity contribution in [3.05, 3.63) is 71.3 Å². The molecule has 0 amide bonds. The normalized spacial score (nSPS) is 17.1. The Morgan fingerprint density at radius 1 is 0.864 bits per heavy atom. The van der Waals surface area contributed by atoms with E-state index in [0.29, 0.717) is 13.1 Å². The molecular weight excluding hydrogens is 294 g/mol. The minimum atomic E-state index is -3.15. The van der Waals surface area contributed by atoms with Gasteiger partial charge in [0.1, 0.15) is 0 Å². The largest absolute Gasteiger partial charge is 0.218 e. The first kappa shape index (κ1) is 15.3. The summed E-state index contributed by atoms with van der Waals surface area (Å²) >= 11 is 0. The van der Waals surface area contributed by atoms with E-state index in [4.69, 9.17) is 0 Å². The molecular formula is C18H21NO2S. The zero-order chi connectivity index (χ0) is 15.4. The fraction of sp³-hybridized carbons (Fsp3) is 0.333. The Morgan fingerprint density at radius 3 is 2.32 bits per heavy atom. The highest BCUT2D eigenvalue weighted by Crippen LogP contribution is 2.24. The van der Waals surface area contributed by atoms with Crippen LogP contribution in [0.25, 0.3) is 0 Å². The van der Waals surface area contributed by atoms with E-state index in [0.717, 1.165) is 30.4 Å². The van der Waals surface area contributed by atoms with Gasteiger partial charge in [0.05, 0.1) is 5.75 Å². The van der Waals surface area contributed by atoms with Gasteiger partial charge in [-0.3, -0.25) is 0 Å². The number of sulfonamides is 1. The van der Waals surface area contributed by atoms with E-state index >= 15 is 0 Å². The van der Waals surface area contributed by atoms with E-state index in [9.17, 15) is 8.42 Å². The molecule has 0 atom stereocenters. The molecule has 0 saturated carbocycles. The number of fused-ring (bicyclic) bond motifs is 1. The van der Waals surface area contributed by atoms with Crippen molar-refractivity contribution in [2.45, 2.75) is 31.6 Å². The number of benzene rings is 2. The molecule has 3 rings (SSSR count). The lowest BCUT2D eigenvalue weighted by atomic mass is 10.1. The highest BCUT2D eigenvalue weighted by atomic mass is 32.2. The summed E-state index contributed by atoms with van der Waals surface area (Å²) in [6.07, 6.45) is 2.92. The first-order valence-electron chi connectivity index (χ1n) is 7.74. The van der Waals surface area contributed by atoms with E-state index < -0.39 is 10.0 Å². The fourth-order valence-electron chi connectivity index (χ4n) is 2.91. The average molecular weight is 315 g/mol. The van der Waals surface area contributed by atoms with E-state index in [2.05, 4.69) is 12.1 Å². The van der Waals surface area contributed by atoms with Crippen LogP contribution in [-0.4, -0.2) is 19.3 Å².